The van der Waals surface area contributed by atoms with Gasteiger partial charge in [-0.2, -0.15) is 0 Å². The van der Waals surface area contributed by atoms with Gasteiger partial charge < -0.3 is 10.2 Å². The lowest BCUT2D eigenvalue weighted by Crippen LogP contribution is -2.39. The third-order valence-corrected chi connectivity index (χ3v) is 4.25. The highest BCUT2D eigenvalue weighted by atomic mass is 16.1. The molecule has 1 N–H and O–H groups in total. The summed E-state index contributed by atoms with van der Waals surface area (Å²) in [5, 5.41) is 3.01. The molecule has 1 aromatic heterocycles. The molecule has 2 heterocycles. The zero-order valence-corrected chi connectivity index (χ0v) is 13.6. The van der Waals surface area contributed by atoms with Crippen molar-refractivity contribution >= 4 is 17.5 Å². The number of carbonyl (C=O) groups excluding carboxylic acids is 1. The lowest BCUT2D eigenvalue weighted by atomic mass is 9.96. The number of hydrogen-bond donors (Lipinski definition) is 1. The molecule has 1 fully saturated rings. The first-order chi connectivity index (χ1) is 11.1. The third kappa shape index (κ3) is 3.86. The number of aromatic nitrogens is 2. The van der Waals surface area contributed by atoms with Gasteiger partial charge in [-0.1, -0.05) is 17.7 Å². The molecule has 1 aromatic carbocycles. The van der Waals surface area contributed by atoms with Crippen molar-refractivity contribution in [3.05, 3.63) is 47.8 Å². The molecule has 0 bridgehead atoms. The summed E-state index contributed by atoms with van der Waals surface area (Å²) in [7, 11) is 0. The second-order valence-electron chi connectivity index (χ2n) is 6.11. The fourth-order valence-corrected chi connectivity index (χ4v) is 2.81. The maximum absolute atomic E-state index is 12.4. The second kappa shape index (κ2) is 6.77. The van der Waals surface area contributed by atoms with Crippen molar-refractivity contribution in [3.63, 3.8) is 0 Å². The fraction of sp³-hybridized carbons (Fsp3) is 0.389. The summed E-state index contributed by atoms with van der Waals surface area (Å²) in [5.41, 5.74) is 3.02. The number of hydrogen-bond acceptors (Lipinski definition) is 4. The molecule has 2 aromatic rings. The minimum absolute atomic E-state index is 0.0531. The summed E-state index contributed by atoms with van der Waals surface area (Å²) in [5.74, 6) is 0.929. The van der Waals surface area contributed by atoms with E-state index in [1.165, 1.54) is 5.56 Å². The van der Waals surface area contributed by atoms with Crippen molar-refractivity contribution in [2.75, 3.05) is 23.3 Å². The van der Waals surface area contributed by atoms with Gasteiger partial charge in [0.2, 0.25) is 11.9 Å². The molecule has 5 nitrogen and oxygen atoms in total. The number of anilines is 2. The second-order valence-corrected chi connectivity index (χ2v) is 6.11. The van der Waals surface area contributed by atoms with Gasteiger partial charge in [-0.05, 0) is 44.9 Å². The number of amides is 1. The van der Waals surface area contributed by atoms with Crippen LogP contribution in [-0.2, 0) is 4.79 Å². The van der Waals surface area contributed by atoms with Crippen LogP contribution in [0.25, 0.3) is 0 Å². The molecule has 0 atom stereocenters. The van der Waals surface area contributed by atoms with Crippen molar-refractivity contribution in [1.29, 1.82) is 0 Å². The van der Waals surface area contributed by atoms with Crippen molar-refractivity contribution in [2.24, 2.45) is 5.92 Å². The zero-order chi connectivity index (χ0) is 16.2. The summed E-state index contributed by atoms with van der Waals surface area (Å²) < 4.78 is 0. The minimum atomic E-state index is 0.0531. The SMILES string of the molecule is Cc1ccc(NC(=O)C2CCN(c3nccc(C)n3)CC2)cc1. The molecule has 23 heavy (non-hydrogen) atoms. The van der Waals surface area contributed by atoms with E-state index in [0.29, 0.717) is 0 Å². The van der Waals surface area contributed by atoms with Gasteiger partial charge >= 0.3 is 0 Å². The van der Waals surface area contributed by atoms with Crippen LogP contribution in [0.2, 0.25) is 0 Å². The maximum atomic E-state index is 12.4. The Morgan fingerprint density at radius 1 is 1.13 bits per heavy atom. The van der Waals surface area contributed by atoms with Gasteiger partial charge in [0.1, 0.15) is 0 Å². The summed E-state index contributed by atoms with van der Waals surface area (Å²) in [4.78, 5) is 23.3. The van der Waals surface area contributed by atoms with Gasteiger partial charge in [0, 0.05) is 36.6 Å². The number of nitrogens with zero attached hydrogens (tertiary/aromatic N) is 3. The van der Waals surface area contributed by atoms with Crippen LogP contribution in [0, 0.1) is 19.8 Å². The molecule has 0 unspecified atom stereocenters. The fourth-order valence-electron chi connectivity index (χ4n) is 2.81. The summed E-state index contributed by atoms with van der Waals surface area (Å²) >= 11 is 0. The Balaban J connectivity index is 1.56. The van der Waals surface area contributed by atoms with Gasteiger partial charge in [0.15, 0.2) is 0 Å². The van der Waals surface area contributed by atoms with Crippen LogP contribution in [0.1, 0.15) is 24.1 Å². The molecule has 1 saturated heterocycles. The molecule has 3 rings (SSSR count). The third-order valence-electron chi connectivity index (χ3n) is 4.25. The molecule has 0 radical (unpaired) electrons. The molecule has 1 aliphatic rings. The predicted molar refractivity (Wildman–Crippen MR) is 91.5 cm³/mol. The van der Waals surface area contributed by atoms with E-state index < -0.39 is 0 Å². The molecular formula is C18H22N4O. The van der Waals surface area contributed by atoms with E-state index in [2.05, 4.69) is 20.2 Å². The lowest BCUT2D eigenvalue weighted by Gasteiger charge is -2.31. The molecule has 120 valence electrons. The van der Waals surface area contributed by atoms with Crippen LogP contribution in [0.3, 0.4) is 0 Å². The Morgan fingerprint density at radius 2 is 1.83 bits per heavy atom. The first kappa shape index (κ1) is 15.5. The molecule has 0 spiro atoms. The van der Waals surface area contributed by atoms with Gasteiger partial charge in [-0.25, -0.2) is 9.97 Å². The van der Waals surface area contributed by atoms with Gasteiger partial charge in [-0.3, -0.25) is 4.79 Å². The first-order valence-electron chi connectivity index (χ1n) is 8.04. The van der Waals surface area contributed by atoms with Gasteiger partial charge in [0.25, 0.3) is 0 Å². The van der Waals surface area contributed by atoms with E-state index >= 15 is 0 Å². The Morgan fingerprint density at radius 3 is 2.48 bits per heavy atom. The van der Waals surface area contributed by atoms with Crippen molar-refractivity contribution in [1.82, 2.24) is 9.97 Å². The van der Waals surface area contributed by atoms with E-state index in [-0.39, 0.29) is 11.8 Å². The first-order valence-corrected chi connectivity index (χ1v) is 8.04. The monoisotopic (exact) mass is 310 g/mol. The quantitative estimate of drug-likeness (QED) is 0.947. The largest absolute Gasteiger partial charge is 0.341 e. The zero-order valence-electron chi connectivity index (χ0n) is 13.6. The summed E-state index contributed by atoms with van der Waals surface area (Å²) in [6.45, 7) is 5.63. The lowest BCUT2D eigenvalue weighted by molar-refractivity contribution is -0.120. The average molecular weight is 310 g/mol. The smallest absolute Gasteiger partial charge is 0.227 e. The minimum Gasteiger partial charge on any atom is -0.341 e. The highest BCUT2D eigenvalue weighted by molar-refractivity contribution is 5.92. The molecule has 5 heteroatoms. The number of benzene rings is 1. The van der Waals surface area contributed by atoms with Crippen molar-refractivity contribution < 1.29 is 4.79 Å². The van der Waals surface area contributed by atoms with E-state index in [1.54, 1.807) is 6.20 Å². The Bertz CT molecular complexity index is 676. The number of piperidine rings is 1. The van der Waals surface area contributed by atoms with Crippen molar-refractivity contribution in [3.8, 4) is 0 Å². The number of aryl methyl sites for hydroxylation is 2. The van der Waals surface area contributed by atoms with Crippen LogP contribution in [0.15, 0.2) is 36.5 Å². The van der Waals surface area contributed by atoms with Gasteiger partial charge in [-0.15, -0.1) is 0 Å². The normalized spacial score (nSPS) is 15.5. The Kier molecular flexibility index (Phi) is 4.55. The van der Waals surface area contributed by atoms with Crippen LogP contribution >= 0.6 is 0 Å². The van der Waals surface area contributed by atoms with E-state index in [4.69, 9.17) is 0 Å². The number of rotatable bonds is 3. The number of nitrogens with one attached hydrogen (secondary N) is 1. The summed E-state index contributed by atoms with van der Waals surface area (Å²) in [6, 6.07) is 9.80. The summed E-state index contributed by atoms with van der Waals surface area (Å²) in [6.07, 6.45) is 3.44. The molecular weight excluding hydrogens is 288 g/mol. The molecule has 0 aliphatic carbocycles. The maximum Gasteiger partial charge on any atom is 0.227 e. The Labute approximate surface area is 136 Å². The Hall–Kier alpha value is -2.43. The molecule has 1 amide bonds. The molecule has 0 saturated carbocycles. The standard InChI is InChI=1S/C18H22N4O/c1-13-3-5-16(6-4-13)21-17(23)15-8-11-22(12-9-15)18-19-10-7-14(2)20-18/h3-7,10,15H,8-9,11-12H2,1-2H3,(H,21,23). The predicted octanol–water partition coefficient (Wildman–Crippen LogP) is 2.95. The highest BCUT2D eigenvalue weighted by Crippen LogP contribution is 2.22. The van der Waals surface area contributed by atoms with Crippen molar-refractivity contribution in [2.45, 2.75) is 26.7 Å². The van der Waals surface area contributed by atoms with Crippen LogP contribution in [0.4, 0.5) is 11.6 Å². The highest BCUT2D eigenvalue weighted by Gasteiger charge is 2.26. The van der Waals surface area contributed by atoms with Gasteiger partial charge in [0.05, 0.1) is 0 Å². The van der Waals surface area contributed by atoms with E-state index in [0.717, 1.165) is 43.3 Å². The topological polar surface area (TPSA) is 58.1 Å². The van der Waals surface area contributed by atoms with Crippen LogP contribution < -0.4 is 10.2 Å². The van der Waals surface area contributed by atoms with E-state index in [1.807, 2.05) is 44.2 Å². The average Bonchev–Trinajstić information content (AvgIpc) is 2.57. The van der Waals surface area contributed by atoms with Crippen LogP contribution in [0.5, 0.6) is 0 Å². The van der Waals surface area contributed by atoms with Crippen LogP contribution in [-0.4, -0.2) is 29.0 Å². The number of carbonyl (C=O) groups is 1. The molecule has 1 aliphatic heterocycles. The van der Waals surface area contributed by atoms with E-state index in [9.17, 15) is 4.79 Å².